The van der Waals surface area contributed by atoms with Gasteiger partial charge >= 0.3 is 5.97 Å². The van der Waals surface area contributed by atoms with Crippen molar-refractivity contribution < 1.29 is 22.7 Å². The third-order valence-electron chi connectivity index (χ3n) is 4.67. The lowest BCUT2D eigenvalue weighted by Gasteiger charge is -2.22. The molecular weight excluding hydrogens is 393 g/mol. The number of carboxylic acids is 1. The molecule has 150 valence electrons. The van der Waals surface area contributed by atoms with Crippen molar-refractivity contribution in [1.82, 2.24) is 0 Å². The number of rotatable bonds is 6. The monoisotopic (exact) mass is 413 g/mol. The van der Waals surface area contributed by atoms with Gasteiger partial charge in [0, 0.05) is 18.3 Å². The summed E-state index contributed by atoms with van der Waals surface area (Å²) in [5.74, 6) is -2.77. The molecule has 1 N–H and O–H groups in total. The minimum Gasteiger partial charge on any atom is -0.480 e. The van der Waals surface area contributed by atoms with E-state index in [1.54, 1.807) is 30.1 Å². The Morgan fingerprint density at radius 1 is 0.966 bits per heavy atom. The zero-order valence-corrected chi connectivity index (χ0v) is 16.8. The van der Waals surface area contributed by atoms with Gasteiger partial charge in [0.25, 0.3) is 0 Å². The van der Waals surface area contributed by atoms with Crippen LogP contribution >= 0.6 is 0 Å². The van der Waals surface area contributed by atoms with E-state index < -0.39 is 21.6 Å². The average Bonchev–Trinajstić information content (AvgIpc) is 2.67. The number of nitrogens with zero attached hydrogens (tertiary/aromatic N) is 1. The van der Waals surface area contributed by atoms with E-state index in [4.69, 9.17) is 5.11 Å². The molecule has 5 nitrogen and oxygen atoms in total. The van der Waals surface area contributed by atoms with E-state index in [1.807, 2.05) is 31.2 Å². The van der Waals surface area contributed by atoms with Gasteiger partial charge in [-0.05, 0) is 48.4 Å². The van der Waals surface area contributed by atoms with E-state index in [9.17, 15) is 13.2 Å². The van der Waals surface area contributed by atoms with Gasteiger partial charge in [0.15, 0.2) is 21.4 Å². The van der Waals surface area contributed by atoms with Crippen molar-refractivity contribution in [2.45, 2.75) is 11.8 Å². The average molecular weight is 413 g/mol. The Labute approximate surface area is 169 Å². The van der Waals surface area contributed by atoms with E-state index >= 15 is 4.39 Å². The Morgan fingerprint density at radius 3 is 2.21 bits per heavy atom. The van der Waals surface area contributed by atoms with Crippen LogP contribution in [0.3, 0.4) is 0 Å². The molecule has 0 bridgehead atoms. The van der Waals surface area contributed by atoms with Gasteiger partial charge in [-0.15, -0.1) is 0 Å². The maximum absolute atomic E-state index is 15.3. The van der Waals surface area contributed by atoms with Gasteiger partial charge < -0.3 is 10.0 Å². The highest BCUT2D eigenvalue weighted by atomic mass is 32.2. The Bertz CT molecular complexity index is 1160. The number of hydrogen-bond donors (Lipinski definition) is 1. The highest BCUT2D eigenvalue weighted by molar-refractivity contribution is 7.92. The number of anilines is 2. The molecule has 0 aliphatic carbocycles. The molecule has 0 amide bonds. The normalized spacial score (nSPS) is 11.3. The Morgan fingerprint density at radius 2 is 1.59 bits per heavy atom. The quantitative estimate of drug-likeness (QED) is 0.647. The fourth-order valence-electron chi connectivity index (χ4n) is 3.12. The van der Waals surface area contributed by atoms with Gasteiger partial charge in [-0.1, -0.05) is 36.4 Å². The molecule has 0 radical (unpaired) electrons. The third-order valence-corrected chi connectivity index (χ3v) is 6.29. The molecule has 0 aliphatic heterocycles. The number of benzene rings is 3. The van der Waals surface area contributed by atoms with E-state index in [-0.39, 0.29) is 10.7 Å². The Hall–Kier alpha value is -3.19. The van der Waals surface area contributed by atoms with Crippen molar-refractivity contribution in [3.8, 4) is 11.1 Å². The first-order chi connectivity index (χ1) is 13.7. The van der Waals surface area contributed by atoms with E-state index in [2.05, 4.69) is 0 Å². The second-order valence-corrected chi connectivity index (χ2v) is 8.65. The lowest BCUT2D eigenvalue weighted by Crippen LogP contribution is -2.16. The van der Waals surface area contributed by atoms with Crippen LogP contribution in [-0.4, -0.2) is 32.3 Å². The van der Waals surface area contributed by atoms with E-state index in [0.717, 1.165) is 11.1 Å². The second-order valence-electron chi connectivity index (χ2n) is 6.66. The minimum atomic E-state index is -3.91. The standard InChI is InChI=1S/C22H20FNO4S/c1-15-6-3-4-7-18(15)19-8-5-9-20(22(19)23)24(2)16-10-12-17(13-11-16)29(27,28)14-21(25)26/h3-13H,14H2,1-2H3,(H,25,26). The molecule has 0 heterocycles. The van der Waals surface area contributed by atoms with Crippen LogP contribution in [0.2, 0.25) is 0 Å². The highest BCUT2D eigenvalue weighted by Crippen LogP contribution is 2.34. The van der Waals surface area contributed by atoms with Crippen molar-refractivity contribution in [2.24, 2.45) is 0 Å². The molecule has 3 aromatic carbocycles. The molecule has 0 unspecified atom stereocenters. The third kappa shape index (κ3) is 4.30. The van der Waals surface area contributed by atoms with Gasteiger partial charge in [0.2, 0.25) is 0 Å². The number of aliphatic carboxylic acids is 1. The summed E-state index contributed by atoms with van der Waals surface area (Å²) in [6.07, 6.45) is 0. The first-order valence-corrected chi connectivity index (χ1v) is 10.5. The van der Waals surface area contributed by atoms with Crippen LogP contribution in [0, 0.1) is 12.7 Å². The van der Waals surface area contributed by atoms with Crippen molar-refractivity contribution in [3.63, 3.8) is 0 Å². The highest BCUT2D eigenvalue weighted by Gasteiger charge is 2.20. The SMILES string of the molecule is Cc1ccccc1-c1cccc(N(C)c2ccc(S(=O)(=O)CC(=O)O)cc2)c1F. The maximum atomic E-state index is 15.3. The van der Waals surface area contributed by atoms with Gasteiger partial charge in [-0.3, -0.25) is 4.79 Å². The summed E-state index contributed by atoms with van der Waals surface area (Å²) in [6.45, 7) is 1.92. The summed E-state index contributed by atoms with van der Waals surface area (Å²) in [4.78, 5) is 12.3. The summed E-state index contributed by atoms with van der Waals surface area (Å²) < 4.78 is 39.3. The predicted molar refractivity (Wildman–Crippen MR) is 111 cm³/mol. The molecule has 0 saturated carbocycles. The number of carbonyl (C=O) groups is 1. The van der Waals surface area contributed by atoms with Crippen LogP contribution in [0.4, 0.5) is 15.8 Å². The number of aryl methyl sites for hydroxylation is 1. The smallest absolute Gasteiger partial charge is 0.319 e. The lowest BCUT2D eigenvalue weighted by molar-refractivity contribution is -0.134. The molecule has 3 aromatic rings. The fraction of sp³-hybridized carbons (Fsp3) is 0.136. The summed E-state index contributed by atoms with van der Waals surface area (Å²) in [6, 6.07) is 18.4. The Kier molecular flexibility index (Phi) is 5.70. The first kappa shape index (κ1) is 20.5. The van der Waals surface area contributed by atoms with E-state index in [0.29, 0.717) is 16.9 Å². The largest absolute Gasteiger partial charge is 0.480 e. The molecule has 0 aliphatic rings. The van der Waals surface area contributed by atoms with Crippen LogP contribution in [0.25, 0.3) is 11.1 Å². The zero-order valence-electron chi connectivity index (χ0n) is 16.0. The van der Waals surface area contributed by atoms with Crippen molar-refractivity contribution in [3.05, 3.63) is 78.1 Å². The number of carboxylic acid groups (broad SMARTS) is 1. The van der Waals surface area contributed by atoms with Crippen LogP contribution in [-0.2, 0) is 14.6 Å². The molecule has 0 atom stereocenters. The summed E-state index contributed by atoms with van der Waals surface area (Å²) in [5, 5.41) is 8.74. The van der Waals surface area contributed by atoms with Gasteiger partial charge in [0.05, 0.1) is 10.6 Å². The summed E-state index contributed by atoms with van der Waals surface area (Å²) in [5.41, 5.74) is 3.15. The molecule has 29 heavy (non-hydrogen) atoms. The molecule has 0 aromatic heterocycles. The molecule has 3 rings (SSSR count). The van der Waals surface area contributed by atoms with Crippen LogP contribution in [0.5, 0.6) is 0 Å². The molecule has 0 spiro atoms. The van der Waals surface area contributed by atoms with Crippen molar-refractivity contribution >= 4 is 27.2 Å². The van der Waals surface area contributed by atoms with Crippen LogP contribution in [0.1, 0.15) is 5.56 Å². The predicted octanol–water partition coefficient (Wildman–Crippen LogP) is 4.43. The van der Waals surface area contributed by atoms with Gasteiger partial charge in [-0.2, -0.15) is 0 Å². The summed E-state index contributed by atoms with van der Waals surface area (Å²) in [7, 11) is -2.23. The molecule has 7 heteroatoms. The molecule has 0 fully saturated rings. The first-order valence-electron chi connectivity index (χ1n) is 8.83. The maximum Gasteiger partial charge on any atom is 0.319 e. The lowest BCUT2D eigenvalue weighted by atomic mass is 9.99. The number of hydrogen-bond acceptors (Lipinski definition) is 4. The minimum absolute atomic E-state index is 0.0915. The molecular formula is C22H20FNO4S. The second kappa shape index (κ2) is 8.05. The van der Waals surface area contributed by atoms with Crippen molar-refractivity contribution in [2.75, 3.05) is 17.7 Å². The van der Waals surface area contributed by atoms with Gasteiger partial charge in [0.1, 0.15) is 0 Å². The van der Waals surface area contributed by atoms with Crippen LogP contribution in [0.15, 0.2) is 71.6 Å². The molecule has 0 saturated heterocycles. The summed E-state index contributed by atoms with van der Waals surface area (Å²) >= 11 is 0. The van der Waals surface area contributed by atoms with Crippen molar-refractivity contribution in [1.29, 1.82) is 0 Å². The Balaban J connectivity index is 1.96. The van der Waals surface area contributed by atoms with E-state index in [1.165, 1.54) is 24.3 Å². The van der Waals surface area contributed by atoms with Crippen LogP contribution < -0.4 is 4.90 Å². The number of halogens is 1. The number of sulfone groups is 1. The zero-order chi connectivity index (χ0) is 21.2. The van der Waals surface area contributed by atoms with Gasteiger partial charge in [-0.25, -0.2) is 12.8 Å². The fourth-order valence-corrected chi connectivity index (χ4v) is 4.17. The topological polar surface area (TPSA) is 74.7 Å².